The first kappa shape index (κ1) is 73.1. The maximum Gasteiger partial charge on any atom is 3.00 e. The Bertz CT molecular complexity index is 1390. The summed E-state index contributed by atoms with van der Waals surface area (Å²) < 4.78 is 0. The Morgan fingerprint density at radius 3 is 0.684 bits per heavy atom. The molecule has 3 radical (unpaired) electrons. The zero-order valence-corrected chi connectivity index (χ0v) is 33.9. The van der Waals surface area contributed by atoms with Gasteiger partial charge in [0.05, 0.1) is 38.0 Å². The number of carbonyl (C=O) groups excluding carboxylic acids is 4. The summed E-state index contributed by atoms with van der Waals surface area (Å²) in [5.41, 5.74) is -0.0259. The summed E-state index contributed by atoms with van der Waals surface area (Å²) in [5, 5.41) is 111. The Kier molecular flexibility index (Phi) is 60.3. The molecule has 0 spiro atoms. The molecule has 2 heterocycles. The summed E-state index contributed by atoms with van der Waals surface area (Å²) in [5.74, 6) is -3.86. The molecule has 0 aliphatic rings. The van der Waals surface area contributed by atoms with Crippen molar-refractivity contribution in [1.29, 1.82) is 0 Å². The van der Waals surface area contributed by atoms with E-state index in [0.29, 0.717) is 0 Å². The molecule has 2 rings (SSSR count). The normalized spacial score (nSPS) is 9.37. The fourth-order valence-corrected chi connectivity index (χ4v) is 2.45. The molecule has 0 aliphatic carbocycles. The van der Waals surface area contributed by atoms with E-state index in [4.69, 9.17) is 61.3 Å². The van der Waals surface area contributed by atoms with Crippen LogP contribution in [0.1, 0.15) is 50.5 Å². The number of pyridine rings is 2. The molecule has 2 aromatic heterocycles. The third-order valence-electron chi connectivity index (χ3n) is 3.85. The van der Waals surface area contributed by atoms with Crippen LogP contribution in [0.15, 0.2) is 60.7 Å². The first-order valence-electron chi connectivity index (χ1n) is 13.3. The Labute approximate surface area is 373 Å². The first-order valence-corrected chi connectivity index (χ1v) is 13.3. The van der Waals surface area contributed by atoms with E-state index < -0.39 is 61.4 Å². The van der Waals surface area contributed by atoms with E-state index in [-0.39, 0.29) is 94.2 Å². The van der Waals surface area contributed by atoms with Crippen LogP contribution in [-0.4, -0.2) is 85.0 Å². The molecule has 0 unspecified atom stereocenters. The molecule has 57 heavy (non-hydrogen) atoms. The second-order valence-corrected chi connectivity index (χ2v) is 7.96. The fraction of sp³-hybridized carbons (Fsp3) is 0.241. The van der Waals surface area contributed by atoms with E-state index >= 15 is 0 Å². The summed E-state index contributed by atoms with van der Waals surface area (Å²) in [6.45, 7) is 4.99. The monoisotopic (exact) mass is 1060 g/mol. The molecule has 0 fully saturated rings. The van der Waals surface area contributed by atoms with Crippen molar-refractivity contribution in [1.82, 2.24) is 9.97 Å². The van der Waals surface area contributed by atoms with Crippen molar-refractivity contribution in [2.24, 2.45) is 0 Å². The van der Waals surface area contributed by atoms with Crippen LogP contribution in [0.4, 0.5) is 0 Å². The van der Waals surface area contributed by atoms with Crippen molar-refractivity contribution in [2.75, 3.05) is 21.3 Å². The van der Waals surface area contributed by atoms with Gasteiger partial charge in [-0.15, -0.1) is 0 Å². The van der Waals surface area contributed by atoms with Gasteiger partial charge in [0.1, 0.15) is 0 Å². The maximum absolute atomic E-state index is 11.5. The molecule has 0 bridgehead atoms. The molecule has 0 amide bonds. The number of nitrogens with zero attached hydrogens (tertiary/aromatic N) is 5. The minimum atomic E-state index is -1.75. The molecule has 0 aromatic carbocycles. The smallest absolute Gasteiger partial charge is 0.871 e. The van der Waals surface area contributed by atoms with Gasteiger partial charge in [0, 0.05) is 21.3 Å². The molecule has 28 heteroatoms. The van der Waals surface area contributed by atoms with Crippen LogP contribution < -0.4 is 20.4 Å². The van der Waals surface area contributed by atoms with Gasteiger partial charge in [-0.1, -0.05) is 35.2 Å². The van der Waals surface area contributed by atoms with Crippen molar-refractivity contribution in [2.45, 2.75) is 27.7 Å². The number of ketones is 4. The average molecular weight is 1070 g/mol. The van der Waals surface area contributed by atoms with Crippen molar-refractivity contribution in [3.63, 3.8) is 0 Å². The number of carbonyl (C=O) groups is 4. The number of allylic oxidation sites excluding steroid dienone is 4. The summed E-state index contributed by atoms with van der Waals surface area (Å²) in [6.07, 6.45) is 3.58. The van der Waals surface area contributed by atoms with E-state index in [1.807, 2.05) is 0 Å². The van der Waals surface area contributed by atoms with Crippen LogP contribution >= 0.6 is 0 Å². The topological polar surface area (TPSA) is 446 Å². The van der Waals surface area contributed by atoms with Gasteiger partial charge in [-0.25, -0.2) is 0 Å². The Balaban J connectivity index is -0.0000000787. The van der Waals surface area contributed by atoms with Crippen LogP contribution in [-0.2, 0) is 53.3 Å². The summed E-state index contributed by atoms with van der Waals surface area (Å²) in [7, 11) is 3.00. The largest absolute Gasteiger partial charge is 3.00 e. The van der Waals surface area contributed by atoms with E-state index in [1.165, 1.54) is 64.1 Å². The molecule has 0 atom stereocenters. The fourth-order valence-electron chi connectivity index (χ4n) is 2.45. The minimum Gasteiger partial charge on any atom is -0.871 e. The number of hydrogen-bond acceptors (Lipinski definition) is 22. The third kappa shape index (κ3) is 55.3. The summed E-state index contributed by atoms with van der Waals surface area (Å²) >= 11 is 0. The molecule has 329 valence electrons. The van der Waals surface area contributed by atoms with Gasteiger partial charge < -0.3 is 81.7 Å². The summed E-state index contributed by atoms with van der Waals surface area (Å²) in [6, 6.07) is 8.52. The predicted octanol–water partition coefficient (Wildman–Crippen LogP) is -2.57. The van der Waals surface area contributed by atoms with Crippen molar-refractivity contribution >= 4 is 46.2 Å². The second-order valence-electron chi connectivity index (χ2n) is 7.96. The third-order valence-corrected chi connectivity index (χ3v) is 3.85. The first-order chi connectivity index (χ1) is 25.0. The molecule has 0 aliphatic heterocycles. The Morgan fingerprint density at radius 1 is 0.456 bits per heavy atom. The second kappa shape index (κ2) is 47.1. The van der Waals surface area contributed by atoms with Gasteiger partial charge in [0.25, 0.3) is 0 Å². The van der Waals surface area contributed by atoms with Crippen LogP contribution in [0.2, 0.25) is 0 Å². The van der Waals surface area contributed by atoms with Crippen molar-refractivity contribution < 1.29 is 142 Å². The molecular formula is C29H34Cu2ErN5O20. The SMILES string of the molecule is CC(=O)/C=C(\[O-])c1cccc(/C([O-])=C/C(C)=O)n1.CC(=O)/C=C(\[O-])c1cccc(/C([O-])=C/C(C)=O)n1.CO.CO.CO.O=[N+]([O-])[O-].O=[N+]([O-])[O-].O=[N+]([O-])[O-].[Cu+2].[Cu+2].[Er+3]. The van der Waals surface area contributed by atoms with Crippen LogP contribution in [0, 0.1) is 83.3 Å². The van der Waals surface area contributed by atoms with E-state index in [9.17, 15) is 39.6 Å². The van der Waals surface area contributed by atoms with E-state index in [0.717, 1.165) is 45.6 Å². The maximum atomic E-state index is 11.5. The number of rotatable bonds is 8. The Hall–Kier alpha value is -5.09. The molecule has 25 nitrogen and oxygen atoms in total. The molecular weight excluding hydrogens is 1030 g/mol. The minimum absolute atomic E-state index is 0. The van der Waals surface area contributed by atoms with Gasteiger partial charge in [-0.2, -0.15) is 0 Å². The van der Waals surface area contributed by atoms with Gasteiger partial charge >= 0.3 is 71.4 Å². The van der Waals surface area contributed by atoms with Crippen molar-refractivity contribution in [3.8, 4) is 0 Å². The van der Waals surface area contributed by atoms with E-state index in [2.05, 4.69) is 9.97 Å². The average Bonchev–Trinajstić information content (AvgIpc) is 3.06. The number of aliphatic hydroxyl groups is 3. The zero-order valence-electron chi connectivity index (χ0n) is 30.2. The van der Waals surface area contributed by atoms with Gasteiger partial charge in [-0.05, 0) is 76.3 Å². The number of hydrogen-bond donors (Lipinski definition) is 3. The zero-order chi connectivity index (χ0) is 44.1. The van der Waals surface area contributed by atoms with Crippen LogP contribution in [0.3, 0.4) is 0 Å². The standard InChI is InChI=1S/2C13H13NO4.3CH4O.2Cu.Er.3NO3/c2*1-8(15)6-12(17)10-4-3-5-11(14-10)13(18)7-9(2)16;3*1-2;;;;3*2-1(3)4/h2*3-7,17-18H,1-2H3;3*2H,1H3;;;;;;/q;;;;;2*+2;+3;3*-1/p-4/b2*12-6-,13-7-;;;;;;;;;. The van der Waals surface area contributed by atoms with Gasteiger partial charge in [0.15, 0.2) is 23.1 Å². The Morgan fingerprint density at radius 2 is 0.579 bits per heavy atom. The van der Waals surface area contributed by atoms with Gasteiger partial charge in [0.2, 0.25) is 0 Å². The van der Waals surface area contributed by atoms with Crippen molar-refractivity contribution in [3.05, 3.63) is 129 Å². The molecule has 0 saturated carbocycles. The predicted molar refractivity (Wildman–Crippen MR) is 179 cm³/mol. The van der Waals surface area contributed by atoms with Crippen LogP contribution in [0.5, 0.6) is 0 Å². The molecule has 3 N–H and O–H groups in total. The number of aliphatic hydroxyl groups excluding tert-OH is 3. The molecule has 0 saturated heterocycles. The number of aromatic nitrogens is 2. The van der Waals surface area contributed by atoms with Gasteiger partial charge in [-0.3, -0.25) is 29.1 Å². The van der Waals surface area contributed by atoms with Crippen LogP contribution in [0.25, 0.3) is 23.0 Å². The quantitative estimate of drug-likeness (QED) is 0.0804. The van der Waals surface area contributed by atoms with E-state index in [1.54, 1.807) is 0 Å². The molecule has 2 aromatic rings. The summed E-state index contributed by atoms with van der Waals surface area (Å²) in [4.78, 5) is 75.5.